The average molecular weight is 222 g/mol. The third-order valence-corrected chi connectivity index (χ3v) is 2.37. The highest BCUT2D eigenvalue weighted by molar-refractivity contribution is 7.98. The molecule has 0 aromatic heterocycles. The smallest absolute Gasteiger partial charge is 0.404 e. The number of thioether (sulfide) groups is 1. The Balaban J connectivity index is 3.05. The molecule has 14 heavy (non-hydrogen) atoms. The lowest BCUT2D eigenvalue weighted by Crippen LogP contribution is -2.18. The number of rotatable bonds is 2. The first kappa shape index (κ1) is 11.2. The van der Waals surface area contributed by atoms with Crippen molar-refractivity contribution in [1.82, 2.24) is 0 Å². The topological polar surface area (TPSA) is 9.23 Å². The molecule has 1 aromatic rings. The summed E-state index contributed by atoms with van der Waals surface area (Å²) < 4.78 is 40.0. The first-order chi connectivity index (χ1) is 6.44. The van der Waals surface area contributed by atoms with Gasteiger partial charge >= 0.3 is 6.36 Å². The molecule has 5 heteroatoms. The Hall–Kier alpha value is -0.840. The van der Waals surface area contributed by atoms with Crippen molar-refractivity contribution in [2.24, 2.45) is 0 Å². The van der Waals surface area contributed by atoms with Gasteiger partial charge in [-0.25, -0.2) is 0 Å². The van der Waals surface area contributed by atoms with Crippen molar-refractivity contribution in [3.63, 3.8) is 0 Å². The number of alkyl halides is 3. The van der Waals surface area contributed by atoms with Crippen LogP contribution < -0.4 is 4.74 Å². The Kier molecular flexibility index (Phi) is 3.31. The number of halogens is 3. The van der Waals surface area contributed by atoms with E-state index in [1.807, 2.05) is 0 Å². The minimum Gasteiger partial charge on any atom is -0.404 e. The zero-order valence-electron chi connectivity index (χ0n) is 7.68. The molecule has 0 atom stereocenters. The summed E-state index contributed by atoms with van der Waals surface area (Å²) in [7, 11) is 0. The molecule has 0 saturated heterocycles. The van der Waals surface area contributed by atoms with Crippen molar-refractivity contribution < 1.29 is 17.9 Å². The predicted octanol–water partition coefficient (Wildman–Crippen LogP) is 3.62. The Bertz CT molecular complexity index is 322. The van der Waals surface area contributed by atoms with E-state index < -0.39 is 6.36 Å². The number of hydrogen-bond acceptors (Lipinski definition) is 2. The van der Waals surface area contributed by atoms with Crippen LogP contribution in [0, 0.1) is 6.92 Å². The van der Waals surface area contributed by atoms with Gasteiger partial charge in [0.1, 0.15) is 5.75 Å². The molecule has 0 spiro atoms. The lowest BCUT2D eigenvalue weighted by molar-refractivity contribution is -0.275. The largest absolute Gasteiger partial charge is 0.573 e. The monoisotopic (exact) mass is 222 g/mol. The van der Waals surface area contributed by atoms with Gasteiger partial charge in [-0.2, -0.15) is 0 Å². The number of aryl methyl sites for hydroxylation is 1. The quantitative estimate of drug-likeness (QED) is 0.707. The summed E-state index contributed by atoms with van der Waals surface area (Å²) in [5.41, 5.74) is 0.481. The Morgan fingerprint density at radius 1 is 1.29 bits per heavy atom. The van der Waals surface area contributed by atoms with Gasteiger partial charge in [0.15, 0.2) is 0 Å². The Labute approximate surface area is 84.3 Å². The molecule has 0 fully saturated rings. The fourth-order valence-corrected chi connectivity index (χ4v) is 1.64. The van der Waals surface area contributed by atoms with Gasteiger partial charge in [0, 0.05) is 4.90 Å². The highest BCUT2D eigenvalue weighted by Gasteiger charge is 2.32. The first-order valence-electron chi connectivity index (χ1n) is 3.83. The normalized spacial score (nSPS) is 11.5. The number of para-hydroxylation sites is 1. The molecule has 78 valence electrons. The second kappa shape index (κ2) is 4.13. The molecule has 0 unspecified atom stereocenters. The van der Waals surface area contributed by atoms with E-state index in [2.05, 4.69) is 4.74 Å². The highest BCUT2D eigenvalue weighted by Crippen LogP contribution is 2.34. The van der Waals surface area contributed by atoms with Gasteiger partial charge in [0.2, 0.25) is 0 Å². The van der Waals surface area contributed by atoms with Crippen molar-refractivity contribution in [3.8, 4) is 5.75 Å². The summed E-state index contributed by atoms with van der Waals surface area (Å²) in [6, 6.07) is 4.88. The summed E-state index contributed by atoms with van der Waals surface area (Å²) in [6.07, 6.45) is -2.92. The van der Waals surface area contributed by atoms with E-state index in [0.29, 0.717) is 10.5 Å². The molecule has 0 amide bonds. The molecule has 0 bridgehead atoms. The minimum absolute atomic E-state index is 0.104. The van der Waals surface area contributed by atoms with E-state index in [-0.39, 0.29) is 5.75 Å². The summed E-state index contributed by atoms with van der Waals surface area (Å²) >= 11 is 1.23. The van der Waals surface area contributed by atoms with Gasteiger partial charge in [-0.3, -0.25) is 0 Å². The van der Waals surface area contributed by atoms with E-state index in [0.717, 1.165) is 0 Å². The van der Waals surface area contributed by atoms with E-state index in [4.69, 9.17) is 0 Å². The van der Waals surface area contributed by atoms with Crippen LogP contribution >= 0.6 is 11.8 Å². The lowest BCUT2D eigenvalue weighted by Gasteiger charge is -2.13. The second-order valence-corrected chi connectivity index (χ2v) is 3.50. The minimum atomic E-state index is -4.63. The fourth-order valence-electron chi connectivity index (χ4n) is 1.03. The van der Waals surface area contributed by atoms with Gasteiger partial charge < -0.3 is 4.74 Å². The molecular weight excluding hydrogens is 213 g/mol. The van der Waals surface area contributed by atoms with E-state index in [9.17, 15) is 13.2 Å². The number of benzene rings is 1. The van der Waals surface area contributed by atoms with Crippen LogP contribution in [0.2, 0.25) is 0 Å². The standard InChI is InChI=1S/C9H9F3OS/c1-6-4-3-5-7(14-2)8(6)13-9(10,11)12/h3-5H,1-2H3. The van der Waals surface area contributed by atoms with E-state index in [1.165, 1.54) is 11.8 Å². The third kappa shape index (κ3) is 2.83. The van der Waals surface area contributed by atoms with Crippen LogP contribution in [0.25, 0.3) is 0 Å². The van der Waals surface area contributed by atoms with Crippen LogP contribution in [0.3, 0.4) is 0 Å². The van der Waals surface area contributed by atoms with Crippen molar-refractivity contribution in [1.29, 1.82) is 0 Å². The Morgan fingerprint density at radius 2 is 1.93 bits per heavy atom. The average Bonchev–Trinajstić information content (AvgIpc) is 2.06. The molecule has 0 aliphatic rings. The maximum atomic E-state index is 12.0. The molecule has 0 radical (unpaired) electrons. The van der Waals surface area contributed by atoms with Crippen molar-refractivity contribution in [2.75, 3.05) is 6.26 Å². The van der Waals surface area contributed by atoms with Crippen LogP contribution in [-0.4, -0.2) is 12.6 Å². The van der Waals surface area contributed by atoms with Crippen LogP contribution in [0.5, 0.6) is 5.75 Å². The summed E-state index contributed by atoms with van der Waals surface area (Å²) in [6.45, 7) is 1.58. The third-order valence-electron chi connectivity index (χ3n) is 1.61. The summed E-state index contributed by atoms with van der Waals surface area (Å²) in [4.78, 5) is 0.488. The highest BCUT2D eigenvalue weighted by atomic mass is 32.2. The van der Waals surface area contributed by atoms with Gasteiger partial charge in [0.25, 0.3) is 0 Å². The van der Waals surface area contributed by atoms with Crippen molar-refractivity contribution in [2.45, 2.75) is 18.2 Å². The zero-order chi connectivity index (χ0) is 10.8. The molecular formula is C9H9F3OS. The van der Waals surface area contributed by atoms with E-state index >= 15 is 0 Å². The molecule has 0 N–H and O–H groups in total. The molecule has 1 rings (SSSR count). The number of ether oxygens (including phenoxy) is 1. The first-order valence-corrected chi connectivity index (χ1v) is 5.06. The lowest BCUT2D eigenvalue weighted by atomic mass is 10.2. The molecule has 1 nitrogen and oxygen atoms in total. The van der Waals surface area contributed by atoms with Crippen LogP contribution in [-0.2, 0) is 0 Å². The molecule has 0 saturated carbocycles. The number of hydrogen-bond donors (Lipinski definition) is 0. The van der Waals surface area contributed by atoms with E-state index in [1.54, 1.807) is 31.4 Å². The molecule has 0 aliphatic heterocycles. The predicted molar refractivity (Wildman–Crippen MR) is 49.6 cm³/mol. The van der Waals surface area contributed by atoms with Crippen molar-refractivity contribution in [3.05, 3.63) is 23.8 Å². The molecule has 0 heterocycles. The van der Waals surface area contributed by atoms with Gasteiger partial charge in [-0.15, -0.1) is 24.9 Å². The van der Waals surface area contributed by atoms with Crippen LogP contribution in [0.4, 0.5) is 13.2 Å². The second-order valence-electron chi connectivity index (χ2n) is 2.65. The molecule has 1 aromatic carbocycles. The maximum Gasteiger partial charge on any atom is 0.573 e. The maximum absolute atomic E-state index is 12.0. The zero-order valence-corrected chi connectivity index (χ0v) is 8.50. The SMILES string of the molecule is CSc1cccc(C)c1OC(F)(F)F. The van der Waals surface area contributed by atoms with Crippen LogP contribution in [0.15, 0.2) is 23.1 Å². The van der Waals surface area contributed by atoms with Crippen molar-refractivity contribution >= 4 is 11.8 Å². The molecule has 0 aliphatic carbocycles. The van der Waals surface area contributed by atoms with Gasteiger partial charge in [0.05, 0.1) is 0 Å². The Morgan fingerprint density at radius 3 is 2.43 bits per heavy atom. The fraction of sp³-hybridized carbons (Fsp3) is 0.333. The summed E-state index contributed by atoms with van der Waals surface area (Å²) in [5, 5.41) is 0. The van der Waals surface area contributed by atoms with Gasteiger partial charge in [-0.1, -0.05) is 12.1 Å². The summed E-state index contributed by atoms with van der Waals surface area (Å²) in [5.74, 6) is -0.104. The van der Waals surface area contributed by atoms with Gasteiger partial charge in [-0.05, 0) is 24.8 Å². The van der Waals surface area contributed by atoms with Crippen LogP contribution in [0.1, 0.15) is 5.56 Å².